The van der Waals surface area contributed by atoms with Gasteiger partial charge in [-0.2, -0.15) is 5.26 Å². The van der Waals surface area contributed by atoms with Gasteiger partial charge in [-0.3, -0.25) is 4.79 Å². The second kappa shape index (κ2) is 4.67. The van der Waals surface area contributed by atoms with Crippen LogP contribution in [0.2, 0.25) is 0 Å². The Morgan fingerprint density at radius 3 is 2.83 bits per heavy atom. The van der Waals surface area contributed by atoms with Crippen LogP contribution in [0.25, 0.3) is 10.9 Å². The van der Waals surface area contributed by atoms with Gasteiger partial charge in [0.25, 0.3) is 0 Å². The monoisotopic (exact) mass is 304 g/mol. The lowest BCUT2D eigenvalue weighted by atomic mass is 10.1. The molecular formula is C13H9BrN2O2. The number of halogens is 1. The number of Topliss-reactive ketones (excluding diaryl/α,β-unsaturated/α-hetero) is 1. The first-order valence-corrected chi connectivity index (χ1v) is 5.98. The topological polar surface area (TPSA) is 76.9 Å². The van der Waals surface area contributed by atoms with E-state index in [-0.39, 0.29) is 17.1 Å². The number of phenolic OH excluding ortho intramolecular Hbond substituents is 1. The molecule has 0 saturated heterocycles. The number of rotatable bonds is 2. The Labute approximate surface area is 112 Å². The fourth-order valence-electron chi connectivity index (χ4n) is 1.66. The van der Waals surface area contributed by atoms with Gasteiger partial charge in [0.15, 0.2) is 0 Å². The molecule has 2 N–H and O–H groups in total. The van der Waals surface area contributed by atoms with Crippen molar-refractivity contribution in [2.75, 3.05) is 0 Å². The van der Waals surface area contributed by atoms with Crippen LogP contribution >= 0.6 is 15.9 Å². The number of ketones is 1. The van der Waals surface area contributed by atoms with E-state index >= 15 is 0 Å². The molecule has 1 aromatic carbocycles. The van der Waals surface area contributed by atoms with Gasteiger partial charge in [-0.05, 0) is 41.1 Å². The molecule has 0 unspecified atom stereocenters. The average molecular weight is 305 g/mol. The second-order valence-corrected chi connectivity index (χ2v) is 4.57. The molecule has 4 nitrogen and oxygen atoms in total. The lowest BCUT2D eigenvalue weighted by Gasteiger charge is -1.95. The Bertz CT molecular complexity index is 669. The number of carbonyl (C=O) groups excluding carboxylic acids is 1. The Kier molecular flexibility index (Phi) is 3.21. The van der Waals surface area contributed by atoms with Gasteiger partial charge >= 0.3 is 0 Å². The molecule has 0 fully saturated rings. The van der Waals surface area contributed by atoms with Crippen LogP contribution in [-0.2, 0) is 0 Å². The minimum Gasteiger partial charge on any atom is -0.507 e. The van der Waals surface area contributed by atoms with E-state index < -0.39 is 0 Å². The first-order valence-electron chi connectivity index (χ1n) is 5.19. The number of hydrogen-bond acceptors (Lipinski definition) is 3. The number of aromatic hydroxyl groups is 1. The minimum absolute atomic E-state index is 0.0878. The molecule has 0 spiro atoms. The maximum absolute atomic E-state index is 12.0. The minimum atomic E-state index is -0.355. The summed E-state index contributed by atoms with van der Waals surface area (Å²) in [6.45, 7) is 1.64. The van der Waals surface area contributed by atoms with Crippen molar-refractivity contribution in [1.29, 1.82) is 5.26 Å². The van der Waals surface area contributed by atoms with Crippen LogP contribution in [-0.4, -0.2) is 15.9 Å². The van der Waals surface area contributed by atoms with Gasteiger partial charge in [0.05, 0.1) is 15.7 Å². The van der Waals surface area contributed by atoms with Gasteiger partial charge in [-0.25, -0.2) is 0 Å². The maximum Gasteiger partial charge on any atom is 0.219 e. The summed E-state index contributed by atoms with van der Waals surface area (Å²) in [5.74, 6) is -0.251. The largest absolute Gasteiger partial charge is 0.507 e. The number of carbonyl (C=O) groups is 1. The molecule has 0 radical (unpaired) electrons. The normalized spacial score (nSPS) is 11.5. The molecule has 0 atom stereocenters. The number of hydrogen-bond donors (Lipinski definition) is 2. The van der Waals surface area contributed by atoms with Crippen LogP contribution in [0.1, 0.15) is 17.4 Å². The smallest absolute Gasteiger partial charge is 0.219 e. The molecule has 1 aromatic heterocycles. The molecule has 0 aliphatic rings. The lowest BCUT2D eigenvalue weighted by Crippen LogP contribution is -2.01. The summed E-state index contributed by atoms with van der Waals surface area (Å²) < 4.78 is 0.544. The summed E-state index contributed by atoms with van der Waals surface area (Å²) in [5.41, 5.74) is 1.14. The molecular weight excluding hydrogens is 296 g/mol. The molecule has 1 heterocycles. The zero-order chi connectivity index (χ0) is 13.3. The van der Waals surface area contributed by atoms with Crippen LogP contribution in [0.3, 0.4) is 0 Å². The standard InChI is InChI=1S/C13H9BrN2O2/c1-2-7(6-15)13(18)11-3-8-4-12(17)9(14)5-10(8)16-11/h2-5,16-17H,1H3/b7-2+. The first kappa shape index (κ1) is 12.4. The van der Waals surface area contributed by atoms with E-state index in [4.69, 9.17) is 5.26 Å². The number of nitrogens with one attached hydrogen (secondary N) is 1. The van der Waals surface area contributed by atoms with Gasteiger partial charge in [-0.15, -0.1) is 0 Å². The number of allylic oxidation sites excluding steroid dienone is 2. The summed E-state index contributed by atoms with van der Waals surface area (Å²) in [4.78, 5) is 14.9. The predicted octanol–water partition coefficient (Wildman–Crippen LogP) is 3.29. The van der Waals surface area contributed by atoms with E-state index in [1.165, 1.54) is 6.08 Å². The molecule has 0 aliphatic carbocycles. The third-order valence-electron chi connectivity index (χ3n) is 2.59. The van der Waals surface area contributed by atoms with Crippen LogP contribution in [0.15, 0.2) is 34.3 Å². The summed E-state index contributed by atoms with van der Waals surface area (Å²) in [6.07, 6.45) is 1.47. The van der Waals surface area contributed by atoms with Crippen molar-refractivity contribution in [3.05, 3.63) is 40.0 Å². The number of phenols is 1. The predicted molar refractivity (Wildman–Crippen MR) is 71.4 cm³/mol. The highest BCUT2D eigenvalue weighted by Crippen LogP contribution is 2.29. The summed E-state index contributed by atoms with van der Waals surface area (Å²) in [6, 6.07) is 6.70. The number of fused-ring (bicyclic) bond motifs is 1. The molecule has 2 rings (SSSR count). The highest BCUT2D eigenvalue weighted by molar-refractivity contribution is 9.10. The van der Waals surface area contributed by atoms with Crippen molar-refractivity contribution < 1.29 is 9.90 Å². The molecule has 0 bridgehead atoms. The Hall–Kier alpha value is -2.06. The Morgan fingerprint density at radius 1 is 1.50 bits per heavy atom. The van der Waals surface area contributed by atoms with Gasteiger partial charge in [0, 0.05) is 10.9 Å². The van der Waals surface area contributed by atoms with Crippen molar-refractivity contribution in [2.45, 2.75) is 6.92 Å². The molecule has 0 saturated carbocycles. The highest BCUT2D eigenvalue weighted by Gasteiger charge is 2.14. The third kappa shape index (κ3) is 2.03. The third-order valence-corrected chi connectivity index (χ3v) is 3.22. The van der Waals surface area contributed by atoms with Gasteiger partial charge in [0.2, 0.25) is 5.78 Å². The fraction of sp³-hybridized carbons (Fsp3) is 0.0769. The van der Waals surface area contributed by atoms with E-state index in [1.54, 1.807) is 25.1 Å². The molecule has 5 heteroatoms. The van der Waals surface area contributed by atoms with Crippen molar-refractivity contribution >= 4 is 32.6 Å². The van der Waals surface area contributed by atoms with Gasteiger partial charge < -0.3 is 10.1 Å². The maximum atomic E-state index is 12.0. The summed E-state index contributed by atoms with van der Waals surface area (Å²) >= 11 is 3.20. The van der Waals surface area contributed by atoms with E-state index in [0.29, 0.717) is 15.6 Å². The quantitative estimate of drug-likeness (QED) is 0.508. The van der Waals surface area contributed by atoms with Crippen molar-refractivity contribution in [2.24, 2.45) is 0 Å². The molecule has 2 aromatic rings. The SMILES string of the molecule is C/C=C(\C#N)C(=O)c1cc2cc(O)c(Br)cc2[nH]1. The van der Waals surface area contributed by atoms with E-state index in [9.17, 15) is 9.90 Å². The lowest BCUT2D eigenvalue weighted by molar-refractivity contribution is 0.103. The zero-order valence-electron chi connectivity index (χ0n) is 9.49. The average Bonchev–Trinajstić information content (AvgIpc) is 2.74. The molecule has 0 aliphatic heterocycles. The van der Waals surface area contributed by atoms with Crippen LogP contribution < -0.4 is 0 Å². The van der Waals surface area contributed by atoms with Crippen LogP contribution in [0.4, 0.5) is 0 Å². The number of nitriles is 1. The second-order valence-electron chi connectivity index (χ2n) is 3.72. The van der Waals surface area contributed by atoms with Crippen molar-refractivity contribution in [3.63, 3.8) is 0 Å². The zero-order valence-corrected chi connectivity index (χ0v) is 11.1. The van der Waals surface area contributed by atoms with Crippen molar-refractivity contribution in [1.82, 2.24) is 4.98 Å². The summed E-state index contributed by atoms with van der Waals surface area (Å²) in [5, 5.41) is 19.1. The number of aromatic nitrogens is 1. The Morgan fingerprint density at radius 2 is 2.22 bits per heavy atom. The Balaban J connectivity index is 2.55. The van der Waals surface area contributed by atoms with Crippen LogP contribution in [0, 0.1) is 11.3 Å². The molecule has 90 valence electrons. The molecule has 18 heavy (non-hydrogen) atoms. The highest BCUT2D eigenvalue weighted by atomic mass is 79.9. The number of nitrogens with zero attached hydrogens (tertiary/aromatic N) is 1. The molecule has 0 amide bonds. The summed E-state index contributed by atoms with van der Waals surface area (Å²) in [7, 11) is 0. The van der Waals surface area contributed by atoms with E-state index in [1.807, 2.05) is 6.07 Å². The van der Waals surface area contributed by atoms with E-state index in [0.717, 1.165) is 5.52 Å². The van der Waals surface area contributed by atoms with Gasteiger partial charge in [0.1, 0.15) is 11.8 Å². The van der Waals surface area contributed by atoms with Crippen LogP contribution in [0.5, 0.6) is 5.75 Å². The number of aromatic amines is 1. The van der Waals surface area contributed by atoms with Crippen molar-refractivity contribution in [3.8, 4) is 11.8 Å². The van der Waals surface area contributed by atoms with Gasteiger partial charge in [-0.1, -0.05) is 6.08 Å². The number of H-pyrrole nitrogens is 1. The fourth-order valence-corrected chi connectivity index (χ4v) is 2.00. The first-order chi connectivity index (χ1) is 8.56. The number of benzene rings is 1. The van der Waals surface area contributed by atoms with E-state index in [2.05, 4.69) is 20.9 Å².